The van der Waals surface area contributed by atoms with Gasteiger partial charge in [0, 0.05) is 48.4 Å². The Labute approximate surface area is 129 Å². The van der Waals surface area contributed by atoms with E-state index in [2.05, 4.69) is 24.1 Å². The first-order valence-corrected chi connectivity index (χ1v) is 6.74. The minimum Gasteiger partial charge on any atom is -0.309 e. The van der Waals surface area contributed by atoms with Gasteiger partial charge in [0.15, 0.2) is 0 Å². The van der Waals surface area contributed by atoms with Gasteiger partial charge in [-0.25, -0.2) is 0 Å². The number of nitro groups is 1. The molecule has 1 aliphatic rings. The number of benzene rings is 1. The van der Waals surface area contributed by atoms with Crippen molar-refractivity contribution in [3.8, 4) is 0 Å². The molecule has 2 atom stereocenters. The first-order valence-electron chi connectivity index (χ1n) is 6.37. The maximum atomic E-state index is 11.1. The predicted molar refractivity (Wildman–Crippen MR) is 82.7 cm³/mol. The standard InChI is InChI=1S/C13H18ClN3O2.ClH/c1-9-6-16(7-10(2)15-9)8-11-3-4-12(14)5-13(11)17(18)19;/h3-5,9-10,15H,6-8H2,1-2H3;1H. The van der Waals surface area contributed by atoms with Gasteiger partial charge in [-0.05, 0) is 26.0 Å². The molecule has 5 nitrogen and oxygen atoms in total. The van der Waals surface area contributed by atoms with Gasteiger partial charge < -0.3 is 5.32 Å². The SMILES string of the molecule is CC1CN(Cc2ccc(Cl)cc2[N+](=O)[O-])CC(C)N1.Cl. The van der Waals surface area contributed by atoms with E-state index in [4.69, 9.17) is 11.6 Å². The van der Waals surface area contributed by atoms with Gasteiger partial charge in [0.05, 0.1) is 4.92 Å². The van der Waals surface area contributed by atoms with Crippen molar-refractivity contribution in [1.29, 1.82) is 0 Å². The number of hydrogen-bond donors (Lipinski definition) is 1. The van der Waals surface area contributed by atoms with Crippen LogP contribution < -0.4 is 5.32 Å². The van der Waals surface area contributed by atoms with Crippen molar-refractivity contribution < 1.29 is 4.92 Å². The molecule has 20 heavy (non-hydrogen) atoms. The molecule has 1 aromatic carbocycles. The van der Waals surface area contributed by atoms with Crippen LogP contribution in [0.2, 0.25) is 5.02 Å². The zero-order valence-electron chi connectivity index (χ0n) is 11.5. The number of nitrogens with zero attached hydrogens (tertiary/aromatic N) is 2. The monoisotopic (exact) mass is 319 g/mol. The largest absolute Gasteiger partial charge is 0.309 e. The van der Waals surface area contributed by atoms with E-state index in [0.29, 0.717) is 23.7 Å². The normalized spacial score (nSPS) is 23.1. The molecular weight excluding hydrogens is 301 g/mol. The highest BCUT2D eigenvalue weighted by Gasteiger charge is 2.23. The minimum atomic E-state index is -0.365. The summed E-state index contributed by atoms with van der Waals surface area (Å²) in [5.74, 6) is 0. The van der Waals surface area contributed by atoms with Gasteiger partial charge in [-0.3, -0.25) is 15.0 Å². The molecule has 0 radical (unpaired) electrons. The molecule has 1 heterocycles. The molecule has 1 fully saturated rings. The summed E-state index contributed by atoms with van der Waals surface area (Å²) >= 11 is 5.82. The zero-order chi connectivity index (χ0) is 14.0. The van der Waals surface area contributed by atoms with Crippen molar-refractivity contribution in [1.82, 2.24) is 10.2 Å². The van der Waals surface area contributed by atoms with Crippen molar-refractivity contribution in [2.24, 2.45) is 0 Å². The van der Waals surface area contributed by atoms with Crippen molar-refractivity contribution in [2.75, 3.05) is 13.1 Å². The number of hydrogen-bond acceptors (Lipinski definition) is 4. The quantitative estimate of drug-likeness (QED) is 0.687. The van der Waals surface area contributed by atoms with Gasteiger partial charge in [-0.15, -0.1) is 12.4 Å². The van der Waals surface area contributed by atoms with Crippen molar-refractivity contribution >= 4 is 29.7 Å². The lowest BCUT2D eigenvalue weighted by Gasteiger charge is -2.36. The van der Waals surface area contributed by atoms with Crippen LogP contribution in [-0.4, -0.2) is 35.0 Å². The number of halogens is 2. The maximum Gasteiger partial charge on any atom is 0.275 e. The molecule has 1 aromatic rings. The maximum absolute atomic E-state index is 11.1. The Morgan fingerprint density at radius 1 is 1.40 bits per heavy atom. The highest BCUT2D eigenvalue weighted by Crippen LogP contribution is 2.25. The molecule has 7 heteroatoms. The van der Waals surface area contributed by atoms with Crippen LogP contribution in [0.25, 0.3) is 0 Å². The summed E-state index contributed by atoms with van der Waals surface area (Å²) < 4.78 is 0. The summed E-state index contributed by atoms with van der Waals surface area (Å²) in [6.07, 6.45) is 0. The van der Waals surface area contributed by atoms with E-state index < -0.39 is 0 Å². The third kappa shape index (κ3) is 4.31. The van der Waals surface area contributed by atoms with Crippen LogP contribution >= 0.6 is 24.0 Å². The van der Waals surface area contributed by atoms with Crippen LogP contribution in [0.1, 0.15) is 19.4 Å². The van der Waals surface area contributed by atoms with E-state index >= 15 is 0 Å². The number of nitrogens with one attached hydrogen (secondary N) is 1. The molecule has 0 aromatic heterocycles. The topological polar surface area (TPSA) is 58.4 Å². The Kier molecular flexibility index (Phi) is 6.20. The second-order valence-electron chi connectivity index (χ2n) is 5.19. The van der Waals surface area contributed by atoms with E-state index in [-0.39, 0.29) is 23.0 Å². The highest BCUT2D eigenvalue weighted by atomic mass is 35.5. The van der Waals surface area contributed by atoms with Crippen molar-refractivity contribution in [3.63, 3.8) is 0 Å². The van der Waals surface area contributed by atoms with Crippen LogP contribution in [-0.2, 0) is 6.54 Å². The molecule has 2 rings (SSSR count). The summed E-state index contributed by atoms with van der Waals surface area (Å²) in [5.41, 5.74) is 0.821. The Balaban J connectivity index is 0.00000200. The summed E-state index contributed by atoms with van der Waals surface area (Å²) in [6.45, 7) is 6.62. The molecule has 1 aliphatic heterocycles. The molecule has 0 aliphatic carbocycles. The molecule has 112 valence electrons. The van der Waals surface area contributed by atoms with Crippen LogP contribution in [0.15, 0.2) is 18.2 Å². The lowest BCUT2D eigenvalue weighted by atomic mass is 10.1. The van der Waals surface area contributed by atoms with Gasteiger partial charge in [0.25, 0.3) is 5.69 Å². The summed E-state index contributed by atoms with van der Waals surface area (Å²) in [5, 5.41) is 14.9. The van der Waals surface area contributed by atoms with Gasteiger partial charge in [0.1, 0.15) is 0 Å². The Morgan fingerprint density at radius 3 is 2.55 bits per heavy atom. The van der Waals surface area contributed by atoms with Gasteiger partial charge >= 0.3 is 0 Å². The summed E-state index contributed by atoms with van der Waals surface area (Å²) in [4.78, 5) is 12.9. The number of rotatable bonds is 3. The zero-order valence-corrected chi connectivity index (χ0v) is 13.1. The summed E-state index contributed by atoms with van der Waals surface area (Å²) in [6, 6.07) is 5.67. The fourth-order valence-electron chi connectivity index (χ4n) is 2.65. The Morgan fingerprint density at radius 2 is 2.00 bits per heavy atom. The third-order valence-corrected chi connectivity index (χ3v) is 3.51. The van der Waals surface area contributed by atoms with Gasteiger partial charge in [-0.2, -0.15) is 0 Å². The minimum absolute atomic E-state index is 0. The Bertz CT molecular complexity index is 475. The van der Waals surface area contributed by atoms with E-state index in [1.807, 2.05) is 0 Å². The number of nitro benzene ring substituents is 1. The fourth-order valence-corrected chi connectivity index (χ4v) is 2.82. The lowest BCUT2D eigenvalue weighted by Crippen LogP contribution is -2.53. The molecule has 0 amide bonds. The number of piperazine rings is 1. The highest BCUT2D eigenvalue weighted by molar-refractivity contribution is 6.30. The van der Waals surface area contributed by atoms with Crippen LogP contribution in [0.4, 0.5) is 5.69 Å². The van der Waals surface area contributed by atoms with Crippen LogP contribution in [0, 0.1) is 10.1 Å². The first kappa shape index (κ1) is 17.2. The smallest absolute Gasteiger partial charge is 0.275 e. The molecule has 0 saturated carbocycles. The third-order valence-electron chi connectivity index (χ3n) is 3.27. The van der Waals surface area contributed by atoms with E-state index in [0.717, 1.165) is 18.7 Å². The van der Waals surface area contributed by atoms with E-state index in [1.54, 1.807) is 12.1 Å². The van der Waals surface area contributed by atoms with Crippen LogP contribution in [0.3, 0.4) is 0 Å². The van der Waals surface area contributed by atoms with Gasteiger partial charge in [-0.1, -0.05) is 11.6 Å². The average Bonchev–Trinajstić information content (AvgIpc) is 2.30. The molecule has 1 saturated heterocycles. The van der Waals surface area contributed by atoms with Crippen molar-refractivity contribution in [3.05, 3.63) is 38.9 Å². The molecule has 0 spiro atoms. The van der Waals surface area contributed by atoms with E-state index in [1.165, 1.54) is 6.07 Å². The predicted octanol–water partition coefficient (Wildman–Crippen LogP) is 2.85. The molecule has 1 N–H and O–H groups in total. The average molecular weight is 320 g/mol. The van der Waals surface area contributed by atoms with Crippen LogP contribution in [0.5, 0.6) is 0 Å². The Hall–Kier alpha value is -0.880. The second kappa shape index (κ2) is 7.22. The van der Waals surface area contributed by atoms with E-state index in [9.17, 15) is 10.1 Å². The second-order valence-corrected chi connectivity index (χ2v) is 5.63. The molecule has 0 bridgehead atoms. The molecular formula is C13H19Cl2N3O2. The van der Waals surface area contributed by atoms with Gasteiger partial charge in [0.2, 0.25) is 0 Å². The molecule has 2 unspecified atom stereocenters. The lowest BCUT2D eigenvalue weighted by molar-refractivity contribution is -0.385. The first-order chi connectivity index (χ1) is 8.95. The van der Waals surface area contributed by atoms with Crippen molar-refractivity contribution in [2.45, 2.75) is 32.5 Å². The summed E-state index contributed by atoms with van der Waals surface area (Å²) in [7, 11) is 0. The fraction of sp³-hybridized carbons (Fsp3) is 0.538.